The number of phenols is 1. The van der Waals surface area contributed by atoms with Crippen molar-refractivity contribution >= 4 is 11.7 Å². The molecule has 0 aliphatic carbocycles. The van der Waals surface area contributed by atoms with Crippen molar-refractivity contribution in [1.29, 1.82) is 0 Å². The number of nitrogens with zero attached hydrogens (tertiary/aromatic N) is 1. The van der Waals surface area contributed by atoms with Crippen LogP contribution in [0.2, 0.25) is 0 Å². The van der Waals surface area contributed by atoms with Crippen molar-refractivity contribution in [3.05, 3.63) is 59.3 Å². The monoisotopic (exact) mass is 385 g/mol. The molecule has 1 aliphatic heterocycles. The van der Waals surface area contributed by atoms with Gasteiger partial charge in [-0.3, -0.25) is 9.59 Å². The number of carbonyl (C=O) groups is 2. The van der Waals surface area contributed by atoms with Crippen LogP contribution in [0.5, 0.6) is 11.5 Å². The van der Waals surface area contributed by atoms with E-state index in [0.29, 0.717) is 12.1 Å². The number of hydrogen-bond acceptors (Lipinski definition) is 6. The second kappa shape index (κ2) is 8.21. The van der Waals surface area contributed by atoms with E-state index >= 15 is 0 Å². The Labute approximate surface area is 162 Å². The molecule has 7 heteroatoms. The quantitative estimate of drug-likeness (QED) is 0.530. The standard InChI is InChI=1S/C21H23NO6/c1-3-4-5-10-22-18(13-8-9-15(27-2)14(23)12-13)17(20(25)21(22)26)19(24)16-7-6-11-28-16/h6-9,11-12,18,23,25H,3-5,10H2,1-2H3. The Kier molecular flexibility index (Phi) is 5.73. The highest BCUT2D eigenvalue weighted by atomic mass is 16.5. The van der Waals surface area contributed by atoms with Gasteiger partial charge in [0.25, 0.3) is 5.91 Å². The summed E-state index contributed by atoms with van der Waals surface area (Å²) in [4.78, 5) is 27.1. The van der Waals surface area contributed by atoms with E-state index in [9.17, 15) is 19.8 Å². The fourth-order valence-corrected chi connectivity index (χ4v) is 3.41. The van der Waals surface area contributed by atoms with Gasteiger partial charge in [0.1, 0.15) is 0 Å². The molecule has 28 heavy (non-hydrogen) atoms. The minimum Gasteiger partial charge on any atom is -0.504 e. The van der Waals surface area contributed by atoms with Gasteiger partial charge in [0.2, 0.25) is 5.78 Å². The van der Waals surface area contributed by atoms with Crippen molar-refractivity contribution in [2.24, 2.45) is 0 Å². The first kappa shape index (κ1) is 19.5. The molecule has 0 saturated carbocycles. The van der Waals surface area contributed by atoms with Crippen LogP contribution in [0.4, 0.5) is 0 Å². The molecule has 1 unspecified atom stereocenters. The molecule has 0 spiro atoms. The maximum atomic E-state index is 13.0. The Hall–Kier alpha value is -3.22. The Morgan fingerprint density at radius 2 is 2.04 bits per heavy atom. The van der Waals surface area contributed by atoms with E-state index in [1.54, 1.807) is 18.2 Å². The molecule has 7 nitrogen and oxygen atoms in total. The third-order valence-electron chi connectivity index (χ3n) is 4.81. The van der Waals surface area contributed by atoms with Crippen LogP contribution in [-0.4, -0.2) is 40.5 Å². The Morgan fingerprint density at radius 3 is 2.64 bits per heavy atom. The zero-order valence-electron chi connectivity index (χ0n) is 15.8. The summed E-state index contributed by atoms with van der Waals surface area (Å²) in [6.45, 7) is 2.43. The molecule has 1 aliphatic rings. The SMILES string of the molecule is CCCCCN1C(=O)C(O)=C(C(=O)c2ccco2)C1c1ccc(OC)c(O)c1. The van der Waals surface area contributed by atoms with Gasteiger partial charge in [-0.2, -0.15) is 0 Å². The molecule has 2 N–H and O–H groups in total. The van der Waals surface area contributed by atoms with E-state index in [4.69, 9.17) is 9.15 Å². The van der Waals surface area contributed by atoms with Crippen LogP contribution in [0.1, 0.15) is 48.3 Å². The predicted octanol–water partition coefficient (Wildman–Crippen LogP) is 3.76. The number of aromatic hydroxyl groups is 1. The zero-order valence-corrected chi connectivity index (χ0v) is 15.8. The van der Waals surface area contributed by atoms with Crippen LogP contribution in [0.25, 0.3) is 0 Å². The molecule has 1 aromatic carbocycles. The van der Waals surface area contributed by atoms with Crippen LogP contribution in [0, 0.1) is 0 Å². The normalized spacial score (nSPS) is 16.7. The Bertz CT molecular complexity index is 900. The van der Waals surface area contributed by atoms with Crippen molar-refractivity contribution in [3.63, 3.8) is 0 Å². The van der Waals surface area contributed by atoms with Gasteiger partial charge in [0.05, 0.1) is 25.0 Å². The second-order valence-electron chi connectivity index (χ2n) is 6.61. The molecule has 1 aromatic heterocycles. The fraction of sp³-hybridized carbons (Fsp3) is 0.333. The third-order valence-corrected chi connectivity index (χ3v) is 4.81. The number of ketones is 1. The number of carbonyl (C=O) groups excluding carboxylic acids is 2. The Balaban J connectivity index is 2.05. The first-order valence-corrected chi connectivity index (χ1v) is 9.18. The summed E-state index contributed by atoms with van der Waals surface area (Å²) in [6, 6.07) is 6.89. The van der Waals surface area contributed by atoms with Crippen LogP contribution < -0.4 is 4.74 Å². The predicted molar refractivity (Wildman–Crippen MR) is 101 cm³/mol. The fourth-order valence-electron chi connectivity index (χ4n) is 3.41. The summed E-state index contributed by atoms with van der Waals surface area (Å²) in [5, 5.41) is 20.7. The highest BCUT2D eigenvalue weighted by Crippen LogP contribution is 2.41. The zero-order chi connectivity index (χ0) is 20.3. The highest BCUT2D eigenvalue weighted by Gasteiger charge is 2.44. The Morgan fingerprint density at radius 1 is 1.25 bits per heavy atom. The molecule has 2 heterocycles. The number of hydrogen-bond donors (Lipinski definition) is 2. The van der Waals surface area contributed by atoms with Gasteiger partial charge in [0.15, 0.2) is 23.0 Å². The van der Waals surface area contributed by atoms with Crippen molar-refractivity contribution in [3.8, 4) is 11.5 Å². The molecule has 1 atom stereocenters. The van der Waals surface area contributed by atoms with Gasteiger partial charge in [-0.25, -0.2) is 0 Å². The first-order valence-electron chi connectivity index (χ1n) is 9.18. The summed E-state index contributed by atoms with van der Waals surface area (Å²) in [7, 11) is 1.43. The van der Waals surface area contributed by atoms with Crippen LogP contribution in [-0.2, 0) is 4.79 Å². The number of amides is 1. The van der Waals surface area contributed by atoms with Gasteiger partial charge in [-0.05, 0) is 36.2 Å². The van der Waals surface area contributed by atoms with E-state index in [1.807, 2.05) is 6.92 Å². The number of phenolic OH excluding ortho intramolecular Hbond substituents is 1. The molecule has 1 amide bonds. The number of furan rings is 1. The van der Waals surface area contributed by atoms with Gasteiger partial charge >= 0.3 is 0 Å². The molecule has 2 aromatic rings. The summed E-state index contributed by atoms with van der Waals surface area (Å²) in [5.74, 6) is -1.55. The number of aliphatic hydroxyl groups is 1. The van der Waals surface area contributed by atoms with Crippen molar-refractivity contribution < 1.29 is 29.0 Å². The van der Waals surface area contributed by atoms with E-state index < -0.39 is 23.5 Å². The molecule has 3 rings (SSSR count). The number of Topliss-reactive ketones (excluding diaryl/α,β-unsaturated/α-hetero) is 1. The van der Waals surface area contributed by atoms with E-state index in [2.05, 4.69) is 0 Å². The van der Waals surface area contributed by atoms with Gasteiger partial charge < -0.3 is 24.3 Å². The van der Waals surface area contributed by atoms with Crippen molar-refractivity contribution in [2.45, 2.75) is 32.2 Å². The molecular formula is C21H23NO6. The van der Waals surface area contributed by atoms with Crippen molar-refractivity contribution in [2.75, 3.05) is 13.7 Å². The summed E-state index contributed by atoms with van der Waals surface area (Å²) in [6.07, 6.45) is 3.96. The number of methoxy groups -OCH3 is 1. The minimum absolute atomic E-state index is 0.0347. The van der Waals surface area contributed by atoms with Gasteiger partial charge in [0, 0.05) is 6.54 Å². The molecule has 0 bridgehead atoms. The second-order valence-corrected chi connectivity index (χ2v) is 6.61. The number of rotatable bonds is 8. The van der Waals surface area contributed by atoms with Gasteiger partial charge in [-0.15, -0.1) is 0 Å². The molecule has 0 saturated heterocycles. The average molecular weight is 385 g/mol. The van der Waals surface area contributed by atoms with Crippen LogP contribution in [0.3, 0.4) is 0 Å². The topological polar surface area (TPSA) is 100 Å². The molecular weight excluding hydrogens is 362 g/mol. The summed E-state index contributed by atoms with van der Waals surface area (Å²) < 4.78 is 10.2. The van der Waals surface area contributed by atoms with Crippen LogP contribution >= 0.6 is 0 Å². The smallest absolute Gasteiger partial charge is 0.290 e. The molecule has 0 radical (unpaired) electrons. The maximum Gasteiger partial charge on any atom is 0.290 e. The molecule has 0 fully saturated rings. The largest absolute Gasteiger partial charge is 0.504 e. The number of aliphatic hydroxyl groups excluding tert-OH is 1. The average Bonchev–Trinajstić information content (AvgIpc) is 3.30. The lowest BCUT2D eigenvalue weighted by molar-refractivity contribution is -0.129. The minimum atomic E-state index is -0.821. The van der Waals surface area contributed by atoms with E-state index in [-0.39, 0.29) is 22.8 Å². The van der Waals surface area contributed by atoms with E-state index in [1.165, 1.54) is 30.4 Å². The maximum absolute atomic E-state index is 13.0. The molecule has 148 valence electrons. The van der Waals surface area contributed by atoms with E-state index in [0.717, 1.165) is 19.3 Å². The van der Waals surface area contributed by atoms with Crippen LogP contribution in [0.15, 0.2) is 52.3 Å². The summed E-state index contributed by atoms with van der Waals surface area (Å²) in [5.41, 5.74) is 0.447. The number of benzene rings is 1. The lowest BCUT2D eigenvalue weighted by Crippen LogP contribution is -2.32. The number of unbranched alkanes of at least 4 members (excludes halogenated alkanes) is 2. The van der Waals surface area contributed by atoms with Gasteiger partial charge in [-0.1, -0.05) is 25.8 Å². The highest BCUT2D eigenvalue weighted by molar-refractivity contribution is 6.15. The lowest BCUT2D eigenvalue weighted by atomic mass is 9.94. The lowest BCUT2D eigenvalue weighted by Gasteiger charge is -2.27. The summed E-state index contributed by atoms with van der Waals surface area (Å²) >= 11 is 0. The third kappa shape index (κ3) is 3.47. The first-order chi connectivity index (χ1) is 13.5. The number of ether oxygens (including phenoxy) is 1. The van der Waals surface area contributed by atoms with Crippen molar-refractivity contribution in [1.82, 2.24) is 4.90 Å².